The third-order valence-corrected chi connectivity index (χ3v) is 3.97. The smallest absolute Gasteiger partial charge is 0.154 e. The highest BCUT2D eigenvalue weighted by molar-refractivity contribution is 7.90. The molecule has 0 aliphatic carbocycles. The first-order valence-electron chi connectivity index (χ1n) is 5.41. The summed E-state index contributed by atoms with van der Waals surface area (Å²) in [4.78, 5) is 4.03. The van der Waals surface area contributed by atoms with Gasteiger partial charge in [0, 0.05) is 12.7 Å². The van der Waals surface area contributed by atoms with Gasteiger partial charge in [-0.25, -0.2) is 8.42 Å². The molecule has 0 fully saturated rings. The van der Waals surface area contributed by atoms with Crippen molar-refractivity contribution in [1.29, 1.82) is 0 Å². The number of rotatable bonds is 6. The number of aromatic nitrogens is 1. The van der Waals surface area contributed by atoms with Gasteiger partial charge in [-0.1, -0.05) is 13.3 Å². The zero-order valence-corrected chi connectivity index (χ0v) is 10.3. The van der Waals surface area contributed by atoms with Gasteiger partial charge in [0.15, 0.2) is 9.84 Å². The van der Waals surface area contributed by atoms with Crippen molar-refractivity contribution in [2.24, 2.45) is 5.73 Å². The van der Waals surface area contributed by atoms with Crippen LogP contribution in [-0.4, -0.2) is 19.2 Å². The van der Waals surface area contributed by atoms with E-state index in [2.05, 4.69) is 4.98 Å². The molecule has 0 aliphatic rings. The van der Waals surface area contributed by atoms with Gasteiger partial charge in [-0.05, 0) is 24.1 Å². The standard InChI is InChI=1S/C11H18N2O2S/c1-2-3-6-16(14,15)9-10-4-5-13-11(7-10)8-12/h4-5,7H,2-3,6,8-9,12H2,1H3. The zero-order chi connectivity index (χ0) is 12.0. The Kier molecular flexibility index (Phi) is 4.89. The summed E-state index contributed by atoms with van der Waals surface area (Å²) < 4.78 is 23.4. The molecule has 0 aromatic carbocycles. The van der Waals surface area contributed by atoms with Gasteiger partial charge in [0.1, 0.15) is 0 Å². The van der Waals surface area contributed by atoms with Crippen molar-refractivity contribution in [1.82, 2.24) is 4.98 Å². The Morgan fingerprint density at radius 1 is 1.44 bits per heavy atom. The lowest BCUT2D eigenvalue weighted by Gasteiger charge is -2.04. The van der Waals surface area contributed by atoms with Crippen molar-refractivity contribution in [3.8, 4) is 0 Å². The highest BCUT2D eigenvalue weighted by atomic mass is 32.2. The minimum absolute atomic E-state index is 0.0858. The molecule has 0 saturated heterocycles. The fraction of sp³-hybridized carbons (Fsp3) is 0.545. The summed E-state index contributed by atoms with van der Waals surface area (Å²) in [5.74, 6) is 0.340. The average molecular weight is 242 g/mol. The lowest BCUT2D eigenvalue weighted by Crippen LogP contribution is -2.10. The van der Waals surface area contributed by atoms with Crippen LogP contribution in [-0.2, 0) is 22.1 Å². The molecule has 2 N–H and O–H groups in total. The summed E-state index contributed by atoms with van der Waals surface area (Å²) in [7, 11) is -2.99. The van der Waals surface area contributed by atoms with Crippen molar-refractivity contribution >= 4 is 9.84 Å². The predicted octanol–water partition coefficient (Wildman–Crippen LogP) is 1.26. The van der Waals surface area contributed by atoms with E-state index in [0.717, 1.165) is 24.1 Å². The molecule has 90 valence electrons. The van der Waals surface area contributed by atoms with E-state index in [1.807, 2.05) is 6.92 Å². The summed E-state index contributed by atoms with van der Waals surface area (Å²) in [6.07, 6.45) is 3.22. The molecule has 0 amide bonds. The van der Waals surface area contributed by atoms with Crippen molar-refractivity contribution in [2.75, 3.05) is 5.75 Å². The van der Waals surface area contributed by atoms with Crippen LogP contribution in [0.25, 0.3) is 0 Å². The largest absolute Gasteiger partial charge is 0.325 e. The zero-order valence-electron chi connectivity index (χ0n) is 9.52. The van der Waals surface area contributed by atoms with Crippen LogP contribution in [0.3, 0.4) is 0 Å². The molecule has 0 unspecified atom stereocenters. The molecule has 16 heavy (non-hydrogen) atoms. The fourth-order valence-corrected chi connectivity index (χ4v) is 2.98. The Morgan fingerprint density at radius 2 is 2.19 bits per heavy atom. The molecule has 0 spiro atoms. The molecule has 4 nitrogen and oxygen atoms in total. The first-order valence-corrected chi connectivity index (χ1v) is 7.24. The van der Waals surface area contributed by atoms with Crippen LogP contribution in [0.1, 0.15) is 31.0 Å². The molecule has 5 heteroatoms. The van der Waals surface area contributed by atoms with Crippen molar-refractivity contribution in [3.05, 3.63) is 29.6 Å². The van der Waals surface area contributed by atoms with Crippen LogP contribution in [0.15, 0.2) is 18.3 Å². The monoisotopic (exact) mass is 242 g/mol. The quantitative estimate of drug-likeness (QED) is 0.815. The van der Waals surface area contributed by atoms with Gasteiger partial charge in [-0.15, -0.1) is 0 Å². The minimum atomic E-state index is -2.99. The lowest BCUT2D eigenvalue weighted by atomic mass is 10.2. The van der Waals surface area contributed by atoms with E-state index in [-0.39, 0.29) is 11.5 Å². The molecular formula is C11H18N2O2S. The van der Waals surface area contributed by atoms with Crippen LogP contribution in [0.4, 0.5) is 0 Å². The molecule has 1 aromatic heterocycles. The molecule has 0 radical (unpaired) electrons. The van der Waals surface area contributed by atoms with Gasteiger partial charge < -0.3 is 5.73 Å². The second-order valence-corrected chi connectivity index (χ2v) is 5.99. The Hall–Kier alpha value is -0.940. The second-order valence-electron chi connectivity index (χ2n) is 3.81. The van der Waals surface area contributed by atoms with Crippen LogP contribution in [0.5, 0.6) is 0 Å². The van der Waals surface area contributed by atoms with E-state index in [1.165, 1.54) is 0 Å². The van der Waals surface area contributed by atoms with Crippen LogP contribution in [0, 0.1) is 0 Å². The van der Waals surface area contributed by atoms with Crippen molar-refractivity contribution < 1.29 is 8.42 Å². The third kappa shape index (κ3) is 4.28. The Morgan fingerprint density at radius 3 is 2.81 bits per heavy atom. The first kappa shape index (κ1) is 13.1. The van der Waals surface area contributed by atoms with Gasteiger partial charge >= 0.3 is 0 Å². The van der Waals surface area contributed by atoms with Gasteiger partial charge in [0.05, 0.1) is 17.2 Å². The normalized spacial score (nSPS) is 11.6. The fourth-order valence-electron chi connectivity index (χ4n) is 1.42. The molecular weight excluding hydrogens is 224 g/mol. The molecule has 0 atom stereocenters. The number of sulfone groups is 1. The second kappa shape index (κ2) is 5.96. The minimum Gasteiger partial charge on any atom is -0.325 e. The SMILES string of the molecule is CCCCS(=O)(=O)Cc1ccnc(CN)c1. The number of nitrogens with zero attached hydrogens (tertiary/aromatic N) is 1. The molecule has 0 aliphatic heterocycles. The maximum atomic E-state index is 11.7. The van der Waals surface area contributed by atoms with E-state index >= 15 is 0 Å². The topological polar surface area (TPSA) is 73.0 Å². The van der Waals surface area contributed by atoms with Crippen LogP contribution >= 0.6 is 0 Å². The molecule has 1 rings (SSSR count). The molecule has 1 heterocycles. The third-order valence-electron chi connectivity index (χ3n) is 2.29. The molecule has 0 saturated carbocycles. The Bertz CT molecular complexity index is 429. The van der Waals surface area contributed by atoms with E-state index in [4.69, 9.17) is 5.73 Å². The number of pyridine rings is 1. The Balaban J connectivity index is 2.72. The van der Waals surface area contributed by atoms with Crippen LogP contribution < -0.4 is 5.73 Å². The lowest BCUT2D eigenvalue weighted by molar-refractivity contribution is 0.592. The summed E-state index contributed by atoms with van der Waals surface area (Å²) in [6, 6.07) is 3.48. The number of hydrogen-bond donors (Lipinski definition) is 1. The maximum Gasteiger partial charge on any atom is 0.154 e. The summed E-state index contributed by atoms with van der Waals surface area (Å²) in [5, 5.41) is 0. The van der Waals surface area contributed by atoms with Gasteiger partial charge in [-0.2, -0.15) is 0 Å². The Labute approximate surface area is 96.8 Å². The first-order chi connectivity index (χ1) is 7.57. The van der Waals surface area contributed by atoms with E-state index in [0.29, 0.717) is 6.54 Å². The van der Waals surface area contributed by atoms with Gasteiger partial charge in [0.2, 0.25) is 0 Å². The van der Waals surface area contributed by atoms with E-state index in [9.17, 15) is 8.42 Å². The average Bonchev–Trinajstić information content (AvgIpc) is 2.26. The maximum absolute atomic E-state index is 11.7. The predicted molar refractivity (Wildman–Crippen MR) is 64.5 cm³/mol. The van der Waals surface area contributed by atoms with Crippen molar-refractivity contribution in [2.45, 2.75) is 32.1 Å². The van der Waals surface area contributed by atoms with E-state index < -0.39 is 9.84 Å². The number of unbranched alkanes of at least 4 members (excludes halogenated alkanes) is 1. The van der Waals surface area contributed by atoms with E-state index in [1.54, 1.807) is 18.3 Å². The van der Waals surface area contributed by atoms with Crippen LogP contribution in [0.2, 0.25) is 0 Å². The summed E-state index contributed by atoms with van der Waals surface area (Å²) >= 11 is 0. The molecule has 0 bridgehead atoms. The highest BCUT2D eigenvalue weighted by Crippen LogP contribution is 2.09. The summed E-state index contributed by atoms with van der Waals surface area (Å²) in [6.45, 7) is 2.32. The molecule has 1 aromatic rings. The number of hydrogen-bond acceptors (Lipinski definition) is 4. The van der Waals surface area contributed by atoms with Gasteiger partial charge in [-0.3, -0.25) is 4.98 Å². The summed E-state index contributed by atoms with van der Waals surface area (Å²) in [5.41, 5.74) is 6.95. The van der Waals surface area contributed by atoms with Crippen molar-refractivity contribution in [3.63, 3.8) is 0 Å². The highest BCUT2D eigenvalue weighted by Gasteiger charge is 2.11. The van der Waals surface area contributed by atoms with Gasteiger partial charge in [0.25, 0.3) is 0 Å². The number of nitrogens with two attached hydrogens (primary N) is 1.